The van der Waals surface area contributed by atoms with Crippen LogP contribution >= 0.6 is 0 Å². The molecule has 0 amide bonds. The van der Waals surface area contributed by atoms with E-state index in [0.717, 1.165) is 38.5 Å². The number of pyridine rings is 1. The summed E-state index contributed by atoms with van der Waals surface area (Å²) < 4.78 is 4.65. The number of aromatic nitrogens is 1. The van der Waals surface area contributed by atoms with Gasteiger partial charge in [-0.25, -0.2) is 4.98 Å². The second-order valence-electron chi connectivity index (χ2n) is 4.60. The van der Waals surface area contributed by atoms with Crippen LogP contribution in [0.5, 0.6) is 0 Å². The van der Waals surface area contributed by atoms with Gasteiger partial charge in [0.05, 0.1) is 25.4 Å². The van der Waals surface area contributed by atoms with Crippen molar-refractivity contribution in [2.75, 3.05) is 50.5 Å². The Bertz CT molecular complexity index is 413. The van der Waals surface area contributed by atoms with Gasteiger partial charge in [-0.15, -0.1) is 0 Å². The van der Waals surface area contributed by atoms with Crippen LogP contribution in [0.15, 0.2) is 18.3 Å². The molecule has 0 bridgehead atoms. The topological polar surface area (TPSA) is 71.7 Å². The minimum absolute atomic E-state index is 0.150. The first-order valence-electron chi connectivity index (χ1n) is 6.44. The number of carbonyl (C=O) groups is 1. The lowest BCUT2D eigenvalue weighted by molar-refractivity contribution is -0.141. The van der Waals surface area contributed by atoms with Gasteiger partial charge in [-0.05, 0) is 12.1 Å². The predicted molar refractivity (Wildman–Crippen MR) is 73.9 cm³/mol. The van der Waals surface area contributed by atoms with Gasteiger partial charge in [0.15, 0.2) is 0 Å². The molecule has 104 valence electrons. The molecule has 1 aliphatic heterocycles. The molecule has 1 fully saturated rings. The van der Waals surface area contributed by atoms with Gasteiger partial charge in [-0.3, -0.25) is 9.69 Å². The van der Waals surface area contributed by atoms with Crippen molar-refractivity contribution >= 4 is 17.5 Å². The highest BCUT2D eigenvalue weighted by Crippen LogP contribution is 2.14. The number of methoxy groups -OCH3 is 1. The zero-order chi connectivity index (χ0) is 13.7. The lowest BCUT2D eigenvalue weighted by Gasteiger charge is -2.35. The highest BCUT2D eigenvalue weighted by Gasteiger charge is 2.18. The van der Waals surface area contributed by atoms with Crippen molar-refractivity contribution in [3.05, 3.63) is 18.3 Å². The number of nitrogens with zero attached hydrogens (tertiary/aromatic N) is 3. The quantitative estimate of drug-likeness (QED) is 0.791. The summed E-state index contributed by atoms with van der Waals surface area (Å²) in [5.74, 6) is 0.810. The molecule has 6 nitrogen and oxygen atoms in total. The van der Waals surface area contributed by atoms with Gasteiger partial charge >= 0.3 is 5.97 Å². The molecule has 2 N–H and O–H groups in total. The number of piperazine rings is 1. The number of carbonyl (C=O) groups excluding carboxylic acids is 1. The molecule has 2 heterocycles. The number of ether oxygens (including phenoxy) is 1. The summed E-state index contributed by atoms with van der Waals surface area (Å²) >= 11 is 0. The largest absolute Gasteiger partial charge is 0.469 e. The van der Waals surface area contributed by atoms with E-state index in [0.29, 0.717) is 12.1 Å². The highest BCUT2D eigenvalue weighted by atomic mass is 16.5. The second kappa shape index (κ2) is 6.38. The maximum absolute atomic E-state index is 11.1. The van der Waals surface area contributed by atoms with Gasteiger partial charge in [-0.1, -0.05) is 0 Å². The lowest BCUT2D eigenvalue weighted by atomic mass is 10.2. The van der Waals surface area contributed by atoms with Crippen LogP contribution in [0.1, 0.15) is 6.42 Å². The number of anilines is 2. The molecule has 0 unspecified atom stereocenters. The Balaban J connectivity index is 1.79. The minimum Gasteiger partial charge on any atom is -0.469 e. The Hall–Kier alpha value is -1.82. The van der Waals surface area contributed by atoms with Crippen LogP contribution < -0.4 is 10.6 Å². The summed E-state index contributed by atoms with van der Waals surface area (Å²) in [4.78, 5) is 19.9. The fraction of sp³-hybridized carbons (Fsp3) is 0.538. The number of nitrogens with two attached hydrogens (primary N) is 1. The normalized spacial score (nSPS) is 16.4. The lowest BCUT2D eigenvalue weighted by Crippen LogP contribution is -2.47. The molecule has 2 rings (SSSR count). The van der Waals surface area contributed by atoms with Crippen LogP contribution in [0.2, 0.25) is 0 Å². The number of esters is 1. The summed E-state index contributed by atoms with van der Waals surface area (Å²) in [6.45, 7) is 4.46. The zero-order valence-corrected chi connectivity index (χ0v) is 11.2. The molecule has 6 heteroatoms. The van der Waals surface area contributed by atoms with Crippen LogP contribution in [0, 0.1) is 0 Å². The third-order valence-corrected chi connectivity index (χ3v) is 3.33. The number of nitrogen functional groups attached to an aromatic ring is 1. The molecule has 1 saturated heterocycles. The average Bonchev–Trinajstić information content (AvgIpc) is 2.46. The summed E-state index contributed by atoms with van der Waals surface area (Å²) in [5, 5.41) is 0. The van der Waals surface area contributed by atoms with E-state index in [9.17, 15) is 4.79 Å². The van der Waals surface area contributed by atoms with Crippen molar-refractivity contribution in [1.29, 1.82) is 0 Å². The average molecular weight is 264 g/mol. The zero-order valence-electron chi connectivity index (χ0n) is 11.2. The van der Waals surface area contributed by atoms with Gasteiger partial charge in [0.1, 0.15) is 5.82 Å². The van der Waals surface area contributed by atoms with Gasteiger partial charge in [0.2, 0.25) is 0 Å². The van der Waals surface area contributed by atoms with E-state index in [1.807, 2.05) is 12.1 Å². The molecule has 0 saturated carbocycles. The summed E-state index contributed by atoms with van der Waals surface area (Å²) in [6, 6.07) is 3.81. The minimum atomic E-state index is -0.150. The van der Waals surface area contributed by atoms with Crippen LogP contribution in [-0.2, 0) is 9.53 Å². The fourth-order valence-corrected chi connectivity index (χ4v) is 2.14. The Morgan fingerprint density at radius 3 is 2.68 bits per heavy atom. The summed E-state index contributed by atoms with van der Waals surface area (Å²) in [5.41, 5.74) is 6.31. The molecule has 1 aromatic heterocycles. The van der Waals surface area contributed by atoms with Crippen molar-refractivity contribution in [3.63, 3.8) is 0 Å². The number of hydrogen-bond donors (Lipinski definition) is 1. The molecular formula is C13H20N4O2. The maximum atomic E-state index is 11.1. The van der Waals surface area contributed by atoms with Crippen molar-refractivity contribution in [2.24, 2.45) is 0 Å². The third kappa shape index (κ3) is 3.82. The van der Waals surface area contributed by atoms with E-state index in [2.05, 4.69) is 19.5 Å². The molecule has 0 atom stereocenters. The van der Waals surface area contributed by atoms with E-state index in [-0.39, 0.29) is 5.97 Å². The van der Waals surface area contributed by atoms with E-state index in [4.69, 9.17) is 5.73 Å². The molecule has 0 radical (unpaired) electrons. The SMILES string of the molecule is COC(=O)CCN1CCN(c2ccc(N)cn2)CC1. The van der Waals surface area contributed by atoms with Crippen LogP contribution in [0.25, 0.3) is 0 Å². The van der Waals surface area contributed by atoms with Crippen molar-refractivity contribution in [2.45, 2.75) is 6.42 Å². The van der Waals surface area contributed by atoms with E-state index >= 15 is 0 Å². The van der Waals surface area contributed by atoms with Gasteiger partial charge in [-0.2, -0.15) is 0 Å². The highest BCUT2D eigenvalue weighted by molar-refractivity contribution is 5.69. The molecule has 1 aromatic rings. The summed E-state index contributed by atoms with van der Waals surface area (Å²) in [6.07, 6.45) is 2.13. The molecular weight excluding hydrogens is 244 g/mol. The van der Waals surface area contributed by atoms with E-state index < -0.39 is 0 Å². The Morgan fingerprint density at radius 1 is 1.37 bits per heavy atom. The number of rotatable bonds is 4. The predicted octanol–water partition coefficient (Wildman–Crippen LogP) is 0.349. The van der Waals surface area contributed by atoms with Gasteiger partial charge < -0.3 is 15.4 Å². The Morgan fingerprint density at radius 2 is 2.11 bits per heavy atom. The summed E-state index contributed by atoms with van der Waals surface area (Å²) in [7, 11) is 1.42. The van der Waals surface area contributed by atoms with Crippen molar-refractivity contribution in [3.8, 4) is 0 Å². The molecule has 0 aromatic carbocycles. The molecule has 19 heavy (non-hydrogen) atoms. The fourth-order valence-electron chi connectivity index (χ4n) is 2.14. The van der Waals surface area contributed by atoms with E-state index in [1.54, 1.807) is 6.20 Å². The Labute approximate surface area is 113 Å². The third-order valence-electron chi connectivity index (χ3n) is 3.33. The van der Waals surface area contributed by atoms with Gasteiger partial charge in [0.25, 0.3) is 0 Å². The van der Waals surface area contributed by atoms with Crippen LogP contribution in [0.4, 0.5) is 11.5 Å². The monoisotopic (exact) mass is 264 g/mol. The van der Waals surface area contributed by atoms with Crippen molar-refractivity contribution in [1.82, 2.24) is 9.88 Å². The maximum Gasteiger partial charge on any atom is 0.306 e. The second-order valence-corrected chi connectivity index (χ2v) is 4.60. The molecule has 0 aliphatic carbocycles. The first-order valence-corrected chi connectivity index (χ1v) is 6.44. The van der Waals surface area contributed by atoms with E-state index in [1.165, 1.54) is 7.11 Å². The number of hydrogen-bond acceptors (Lipinski definition) is 6. The first kappa shape index (κ1) is 13.6. The Kier molecular flexibility index (Phi) is 4.57. The smallest absolute Gasteiger partial charge is 0.306 e. The standard InChI is InChI=1S/C13H20N4O2/c1-19-13(18)4-5-16-6-8-17(9-7-16)12-3-2-11(14)10-15-12/h2-3,10H,4-9,14H2,1H3. The molecule has 0 spiro atoms. The van der Waals surface area contributed by atoms with Crippen LogP contribution in [-0.4, -0.2) is 55.7 Å². The molecule has 1 aliphatic rings. The van der Waals surface area contributed by atoms with Crippen LogP contribution in [0.3, 0.4) is 0 Å². The van der Waals surface area contributed by atoms with Crippen molar-refractivity contribution < 1.29 is 9.53 Å². The first-order chi connectivity index (χ1) is 9.19. The van der Waals surface area contributed by atoms with Gasteiger partial charge in [0, 0.05) is 32.7 Å².